The average molecular weight is 299 g/mol. The largest absolute Gasteiger partial charge is 0.481 e. The number of carbonyl (C=O) groups is 3. The molecule has 0 bridgehead atoms. The Morgan fingerprint density at radius 2 is 2.10 bits per heavy atom. The molecule has 1 heterocycles. The number of unbranched alkanes of at least 4 members (excludes halogenated alkanes) is 1. The molecule has 1 fully saturated rings. The molecule has 0 aliphatic carbocycles. The number of amides is 3. The van der Waals surface area contributed by atoms with E-state index in [1.807, 2.05) is 6.92 Å². The molecule has 0 spiro atoms. The van der Waals surface area contributed by atoms with Gasteiger partial charge < -0.3 is 20.6 Å². The second-order valence-corrected chi connectivity index (χ2v) is 5.56. The highest BCUT2D eigenvalue weighted by Gasteiger charge is 2.29. The number of rotatable bonds is 8. The number of aliphatic carboxylic acids is 1. The predicted molar refractivity (Wildman–Crippen MR) is 77.6 cm³/mol. The van der Waals surface area contributed by atoms with Crippen LogP contribution in [0.1, 0.15) is 39.0 Å². The third kappa shape index (κ3) is 6.01. The van der Waals surface area contributed by atoms with Crippen molar-refractivity contribution < 1.29 is 19.5 Å². The van der Waals surface area contributed by atoms with Gasteiger partial charge in [0, 0.05) is 26.1 Å². The highest BCUT2D eigenvalue weighted by atomic mass is 16.4. The van der Waals surface area contributed by atoms with E-state index in [1.54, 1.807) is 4.90 Å². The lowest BCUT2D eigenvalue weighted by molar-refractivity contribution is -0.137. The number of hydrogen-bond donors (Lipinski definition) is 2. The van der Waals surface area contributed by atoms with E-state index >= 15 is 0 Å². The van der Waals surface area contributed by atoms with Crippen LogP contribution >= 0.6 is 0 Å². The minimum absolute atomic E-state index is 0.0604. The normalized spacial score (nSPS) is 17.8. The van der Waals surface area contributed by atoms with Crippen LogP contribution in [0.15, 0.2) is 0 Å². The van der Waals surface area contributed by atoms with Gasteiger partial charge in [-0.2, -0.15) is 0 Å². The van der Waals surface area contributed by atoms with Gasteiger partial charge in [-0.3, -0.25) is 9.59 Å². The second kappa shape index (κ2) is 8.49. The molecule has 3 amide bonds. The summed E-state index contributed by atoms with van der Waals surface area (Å²) in [4.78, 5) is 37.2. The summed E-state index contributed by atoms with van der Waals surface area (Å²) in [5, 5.41) is 8.69. The lowest BCUT2D eigenvalue weighted by atomic mass is 10.0. The number of nitrogens with zero attached hydrogens (tertiary/aromatic N) is 2. The molecule has 1 aliphatic heterocycles. The van der Waals surface area contributed by atoms with Crippen molar-refractivity contribution in [3.05, 3.63) is 0 Å². The first-order chi connectivity index (χ1) is 9.93. The van der Waals surface area contributed by atoms with E-state index < -0.39 is 11.9 Å². The molecule has 0 aromatic rings. The number of urea groups is 1. The number of nitrogens with two attached hydrogens (primary N) is 1. The molecule has 0 aromatic heterocycles. The van der Waals surface area contributed by atoms with E-state index in [9.17, 15) is 14.4 Å². The number of carbonyl (C=O) groups excluding carboxylic acids is 2. The van der Waals surface area contributed by atoms with Gasteiger partial charge in [0.2, 0.25) is 5.91 Å². The summed E-state index contributed by atoms with van der Waals surface area (Å²) in [7, 11) is 0. The molecule has 0 saturated carbocycles. The van der Waals surface area contributed by atoms with Crippen molar-refractivity contribution in [2.24, 2.45) is 11.7 Å². The first kappa shape index (κ1) is 17.3. The lowest BCUT2D eigenvalue weighted by Crippen LogP contribution is -2.46. The topological polar surface area (TPSA) is 104 Å². The van der Waals surface area contributed by atoms with Crippen LogP contribution in [0.25, 0.3) is 0 Å². The number of carboxylic acids is 1. The molecule has 1 unspecified atom stereocenters. The van der Waals surface area contributed by atoms with Gasteiger partial charge in [0.25, 0.3) is 0 Å². The zero-order valence-corrected chi connectivity index (χ0v) is 12.6. The van der Waals surface area contributed by atoms with Gasteiger partial charge in [-0.05, 0) is 25.2 Å². The number of primary amides is 1. The highest BCUT2D eigenvalue weighted by Crippen LogP contribution is 2.22. The fourth-order valence-corrected chi connectivity index (χ4v) is 2.55. The Hall–Kier alpha value is -1.79. The Kier molecular flexibility index (Phi) is 6.98. The molecular weight excluding hydrogens is 274 g/mol. The van der Waals surface area contributed by atoms with Crippen LogP contribution in [-0.4, -0.2) is 59.0 Å². The molecule has 1 atom stereocenters. The molecule has 1 aliphatic rings. The SMILES string of the molecule is CCCCN(CC(N)=O)C(=O)N1CCC(CCC(=O)O)C1. The minimum Gasteiger partial charge on any atom is -0.481 e. The summed E-state index contributed by atoms with van der Waals surface area (Å²) in [5.41, 5.74) is 5.19. The first-order valence-electron chi connectivity index (χ1n) is 7.48. The maximum absolute atomic E-state index is 12.4. The quantitative estimate of drug-likeness (QED) is 0.694. The summed E-state index contributed by atoms with van der Waals surface area (Å²) < 4.78 is 0. The number of carboxylic acid groups (broad SMARTS) is 1. The van der Waals surface area contributed by atoms with Crippen LogP contribution in [0.4, 0.5) is 4.79 Å². The maximum Gasteiger partial charge on any atom is 0.320 e. The standard InChI is InChI=1S/C14H25N3O4/c1-2-3-7-16(10-12(15)18)14(21)17-8-6-11(9-17)4-5-13(19)20/h11H,2-10H2,1H3,(H2,15,18)(H,19,20). The summed E-state index contributed by atoms with van der Waals surface area (Å²) in [6.07, 6.45) is 3.30. The molecule has 0 radical (unpaired) electrons. The Morgan fingerprint density at radius 1 is 1.38 bits per heavy atom. The Morgan fingerprint density at radius 3 is 2.67 bits per heavy atom. The monoisotopic (exact) mass is 299 g/mol. The Bertz CT molecular complexity index is 386. The van der Waals surface area contributed by atoms with Gasteiger partial charge in [-0.25, -0.2) is 4.79 Å². The van der Waals surface area contributed by atoms with Crippen molar-refractivity contribution in [3.63, 3.8) is 0 Å². The number of hydrogen-bond acceptors (Lipinski definition) is 3. The van der Waals surface area contributed by atoms with Crippen molar-refractivity contribution in [1.82, 2.24) is 9.80 Å². The minimum atomic E-state index is -0.807. The lowest BCUT2D eigenvalue weighted by Gasteiger charge is -2.27. The van der Waals surface area contributed by atoms with E-state index in [2.05, 4.69) is 0 Å². The van der Waals surface area contributed by atoms with Crippen LogP contribution in [-0.2, 0) is 9.59 Å². The van der Waals surface area contributed by atoms with Gasteiger partial charge in [0.05, 0.1) is 0 Å². The smallest absolute Gasteiger partial charge is 0.320 e. The summed E-state index contributed by atoms with van der Waals surface area (Å²) in [5.74, 6) is -1.09. The zero-order chi connectivity index (χ0) is 15.8. The molecule has 0 aromatic carbocycles. The molecule has 3 N–H and O–H groups in total. The van der Waals surface area contributed by atoms with Crippen molar-refractivity contribution in [1.29, 1.82) is 0 Å². The van der Waals surface area contributed by atoms with E-state index in [0.717, 1.165) is 19.3 Å². The average Bonchev–Trinajstić information content (AvgIpc) is 2.88. The van der Waals surface area contributed by atoms with Crippen molar-refractivity contribution in [2.75, 3.05) is 26.2 Å². The molecule has 21 heavy (non-hydrogen) atoms. The van der Waals surface area contributed by atoms with Crippen LogP contribution in [0.2, 0.25) is 0 Å². The molecular formula is C14H25N3O4. The van der Waals surface area contributed by atoms with Gasteiger partial charge >= 0.3 is 12.0 Å². The summed E-state index contributed by atoms with van der Waals surface area (Å²) in [6, 6.07) is -0.167. The molecule has 1 rings (SSSR count). The third-order valence-electron chi connectivity index (χ3n) is 3.72. The second-order valence-electron chi connectivity index (χ2n) is 5.56. The van der Waals surface area contributed by atoms with Gasteiger partial charge in [-0.1, -0.05) is 13.3 Å². The van der Waals surface area contributed by atoms with Crippen molar-refractivity contribution in [2.45, 2.75) is 39.0 Å². The van der Waals surface area contributed by atoms with E-state index in [0.29, 0.717) is 26.1 Å². The predicted octanol–water partition coefficient (Wildman–Crippen LogP) is 0.881. The van der Waals surface area contributed by atoms with Crippen LogP contribution < -0.4 is 5.73 Å². The van der Waals surface area contributed by atoms with E-state index in [-0.39, 0.29) is 24.9 Å². The first-order valence-corrected chi connectivity index (χ1v) is 7.48. The van der Waals surface area contributed by atoms with Crippen molar-refractivity contribution in [3.8, 4) is 0 Å². The fourth-order valence-electron chi connectivity index (χ4n) is 2.55. The third-order valence-corrected chi connectivity index (χ3v) is 3.72. The highest BCUT2D eigenvalue weighted by molar-refractivity contribution is 5.83. The Balaban J connectivity index is 2.51. The van der Waals surface area contributed by atoms with Gasteiger partial charge in [-0.15, -0.1) is 0 Å². The number of likely N-dealkylation sites (tertiary alicyclic amines) is 1. The zero-order valence-electron chi connectivity index (χ0n) is 12.6. The molecule has 1 saturated heterocycles. The molecule has 7 nitrogen and oxygen atoms in total. The fraction of sp³-hybridized carbons (Fsp3) is 0.786. The maximum atomic E-state index is 12.4. The van der Waals surface area contributed by atoms with Crippen LogP contribution in [0, 0.1) is 5.92 Å². The molecule has 120 valence electrons. The van der Waals surface area contributed by atoms with Gasteiger partial charge in [0.1, 0.15) is 6.54 Å². The van der Waals surface area contributed by atoms with Crippen molar-refractivity contribution >= 4 is 17.9 Å². The van der Waals surface area contributed by atoms with Crippen LogP contribution in [0.3, 0.4) is 0 Å². The summed E-state index contributed by atoms with van der Waals surface area (Å²) in [6.45, 7) is 3.66. The van der Waals surface area contributed by atoms with Crippen LogP contribution in [0.5, 0.6) is 0 Å². The summed E-state index contributed by atoms with van der Waals surface area (Å²) >= 11 is 0. The van der Waals surface area contributed by atoms with E-state index in [4.69, 9.17) is 10.8 Å². The Labute approximate surface area is 125 Å². The van der Waals surface area contributed by atoms with E-state index in [1.165, 1.54) is 4.90 Å². The van der Waals surface area contributed by atoms with Gasteiger partial charge in [0.15, 0.2) is 0 Å². The molecule has 7 heteroatoms.